The Balaban J connectivity index is 0.000000146. The molecule has 4 aromatic rings. The van der Waals surface area contributed by atoms with Crippen molar-refractivity contribution in [3.05, 3.63) is 113 Å². The predicted octanol–water partition coefficient (Wildman–Crippen LogP) is 6.74. The third-order valence-electron chi connectivity index (χ3n) is 8.08. The number of carbonyl (C=O) groups is 1. The lowest BCUT2D eigenvalue weighted by molar-refractivity contribution is -0.385. The van der Waals surface area contributed by atoms with Gasteiger partial charge in [-0.1, -0.05) is 11.6 Å². The quantitative estimate of drug-likeness (QED) is 0.110. The van der Waals surface area contributed by atoms with Gasteiger partial charge in [-0.25, -0.2) is 4.68 Å². The molecule has 7 rings (SSSR count). The number of halogens is 1. The van der Waals surface area contributed by atoms with Gasteiger partial charge in [-0.05, 0) is 106 Å². The standard InChI is InChI=1S/C11H11ClN2O2.C11H11N5O2.C11H12N2O3/c1-7-6-8(2-5-10(7)14(15)16)11(12)13-9-3-4-9;1-7-6-8(2-5-10(7)16(17)18)11-12-13-14-15(11)9-3-4-9;1-7-6-8(2-5-10(7)13(15)16)11(14)12-9-3-4-9/h2,5-6,9H,3-4H2,1H3;2,5-6,9H,3-4H2,1H3;2,5-6,9H,3-4H2,1H3,(H,12,14). The van der Waals surface area contributed by atoms with E-state index in [1.54, 1.807) is 55.8 Å². The van der Waals surface area contributed by atoms with Crippen molar-refractivity contribution in [2.45, 2.75) is 77.4 Å². The van der Waals surface area contributed by atoms with Gasteiger partial charge >= 0.3 is 0 Å². The number of nitro benzene ring substituents is 3. The minimum absolute atomic E-state index is 0.0444. The Bertz CT molecular complexity index is 1990. The average molecular weight is 704 g/mol. The summed E-state index contributed by atoms with van der Waals surface area (Å²) in [5.74, 6) is 0.524. The molecular formula is C33H34ClN9O7. The Morgan fingerprint density at radius 1 is 0.780 bits per heavy atom. The molecule has 1 heterocycles. The highest BCUT2D eigenvalue weighted by Crippen LogP contribution is 2.37. The zero-order chi connectivity index (χ0) is 36.1. The molecule has 3 aromatic carbocycles. The van der Waals surface area contributed by atoms with E-state index in [0.717, 1.165) is 49.7 Å². The molecule has 3 aliphatic rings. The molecule has 1 N–H and O–H groups in total. The van der Waals surface area contributed by atoms with Crippen molar-refractivity contribution in [1.82, 2.24) is 25.5 Å². The first-order chi connectivity index (χ1) is 23.8. The lowest BCUT2D eigenvalue weighted by atomic mass is 10.1. The number of rotatable bonds is 9. The van der Waals surface area contributed by atoms with E-state index in [9.17, 15) is 35.1 Å². The Morgan fingerprint density at radius 2 is 1.30 bits per heavy atom. The summed E-state index contributed by atoms with van der Waals surface area (Å²) in [5.41, 5.74) is 4.04. The van der Waals surface area contributed by atoms with Gasteiger partial charge in [0.15, 0.2) is 5.82 Å². The van der Waals surface area contributed by atoms with Crippen molar-refractivity contribution in [3.8, 4) is 11.4 Å². The summed E-state index contributed by atoms with van der Waals surface area (Å²) < 4.78 is 1.79. The number of hydrogen-bond acceptors (Lipinski definition) is 11. The molecule has 17 heteroatoms. The lowest BCUT2D eigenvalue weighted by Crippen LogP contribution is -2.25. The van der Waals surface area contributed by atoms with Crippen molar-refractivity contribution >= 4 is 39.7 Å². The number of benzene rings is 3. The third kappa shape index (κ3) is 9.28. The minimum atomic E-state index is -0.447. The molecule has 1 aromatic heterocycles. The van der Waals surface area contributed by atoms with Crippen molar-refractivity contribution in [1.29, 1.82) is 0 Å². The lowest BCUT2D eigenvalue weighted by Gasteiger charge is -2.04. The predicted molar refractivity (Wildman–Crippen MR) is 184 cm³/mol. The summed E-state index contributed by atoms with van der Waals surface area (Å²) in [7, 11) is 0. The number of amides is 1. The Labute approximate surface area is 291 Å². The fourth-order valence-corrected chi connectivity index (χ4v) is 5.13. The van der Waals surface area contributed by atoms with Gasteiger partial charge in [-0.15, -0.1) is 5.10 Å². The van der Waals surface area contributed by atoms with Crippen LogP contribution in [0.15, 0.2) is 59.6 Å². The number of hydrogen-bond donors (Lipinski definition) is 1. The van der Waals surface area contributed by atoms with Crippen LogP contribution in [0.25, 0.3) is 11.4 Å². The van der Waals surface area contributed by atoms with E-state index in [1.165, 1.54) is 24.3 Å². The molecule has 0 saturated heterocycles. The highest BCUT2D eigenvalue weighted by atomic mass is 35.5. The van der Waals surface area contributed by atoms with Crippen LogP contribution in [0.2, 0.25) is 0 Å². The van der Waals surface area contributed by atoms with Crippen LogP contribution >= 0.6 is 11.6 Å². The molecule has 0 bridgehead atoms. The largest absolute Gasteiger partial charge is 0.349 e. The highest BCUT2D eigenvalue weighted by Gasteiger charge is 2.29. The van der Waals surface area contributed by atoms with Crippen LogP contribution in [-0.4, -0.2) is 58.1 Å². The fourth-order valence-electron chi connectivity index (χ4n) is 4.87. The zero-order valence-electron chi connectivity index (χ0n) is 27.5. The summed E-state index contributed by atoms with van der Waals surface area (Å²) in [4.78, 5) is 46.7. The second-order valence-electron chi connectivity index (χ2n) is 12.4. The molecule has 0 aliphatic heterocycles. The number of nitro groups is 3. The second-order valence-corrected chi connectivity index (χ2v) is 12.7. The van der Waals surface area contributed by atoms with E-state index >= 15 is 0 Å². The summed E-state index contributed by atoms with van der Waals surface area (Å²) >= 11 is 6.03. The smallest absolute Gasteiger partial charge is 0.272 e. The summed E-state index contributed by atoms with van der Waals surface area (Å²) in [6, 6.07) is 15.2. The normalized spacial score (nSPS) is 15.2. The summed E-state index contributed by atoms with van der Waals surface area (Å²) in [6.07, 6.45) is 6.40. The Morgan fingerprint density at radius 3 is 1.78 bits per heavy atom. The zero-order valence-corrected chi connectivity index (χ0v) is 28.2. The van der Waals surface area contributed by atoms with Gasteiger partial charge < -0.3 is 5.32 Å². The molecule has 1 amide bonds. The molecule has 260 valence electrons. The van der Waals surface area contributed by atoms with Crippen molar-refractivity contribution in [3.63, 3.8) is 0 Å². The molecule has 3 fully saturated rings. The number of nitrogens with one attached hydrogen (secondary N) is 1. The highest BCUT2D eigenvalue weighted by molar-refractivity contribution is 6.69. The Hall–Kier alpha value is -5.64. The third-order valence-corrected chi connectivity index (χ3v) is 8.40. The van der Waals surface area contributed by atoms with Gasteiger partial charge in [0, 0.05) is 57.6 Å². The first-order valence-corrected chi connectivity index (χ1v) is 16.3. The molecule has 0 atom stereocenters. The maximum Gasteiger partial charge on any atom is 0.272 e. The number of aliphatic imine (C=N–C) groups is 1. The monoisotopic (exact) mass is 703 g/mol. The van der Waals surface area contributed by atoms with Crippen molar-refractivity contribution in [2.75, 3.05) is 0 Å². The average Bonchev–Trinajstić information content (AvgIpc) is 3.96. The first kappa shape index (κ1) is 35.7. The van der Waals surface area contributed by atoms with E-state index < -0.39 is 9.85 Å². The molecule has 3 saturated carbocycles. The van der Waals surface area contributed by atoms with Crippen LogP contribution < -0.4 is 5.32 Å². The molecule has 0 radical (unpaired) electrons. The van der Waals surface area contributed by atoms with Crippen LogP contribution in [0.1, 0.15) is 77.2 Å². The number of tetrazole rings is 1. The Kier molecular flexibility index (Phi) is 10.9. The van der Waals surface area contributed by atoms with E-state index in [1.807, 2.05) is 0 Å². The number of aromatic nitrogens is 4. The van der Waals surface area contributed by atoms with E-state index in [-0.39, 0.29) is 27.9 Å². The van der Waals surface area contributed by atoms with Crippen molar-refractivity contribution < 1.29 is 19.6 Å². The van der Waals surface area contributed by atoms with Gasteiger partial charge in [0.2, 0.25) is 0 Å². The number of carbonyl (C=O) groups excluding carboxylic acids is 1. The number of nitrogens with zero attached hydrogens (tertiary/aromatic N) is 8. The van der Waals surface area contributed by atoms with Crippen LogP contribution in [0, 0.1) is 51.1 Å². The van der Waals surface area contributed by atoms with Gasteiger partial charge in [0.05, 0.1) is 26.9 Å². The van der Waals surface area contributed by atoms with Crippen LogP contribution in [-0.2, 0) is 0 Å². The molecule has 3 aliphatic carbocycles. The number of aryl methyl sites for hydroxylation is 3. The maximum atomic E-state index is 11.6. The van der Waals surface area contributed by atoms with Crippen molar-refractivity contribution in [2.24, 2.45) is 4.99 Å². The molecule has 0 spiro atoms. The second kappa shape index (κ2) is 15.3. The van der Waals surface area contributed by atoms with E-state index in [2.05, 4.69) is 25.8 Å². The van der Waals surface area contributed by atoms with Gasteiger partial charge in [0.25, 0.3) is 23.0 Å². The topological polar surface area (TPSA) is 214 Å². The summed E-state index contributed by atoms with van der Waals surface area (Å²) in [5, 5.41) is 46.9. The van der Waals surface area contributed by atoms with Gasteiger partial charge in [-0.3, -0.25) is 40.1 Å². The first-order valence-electron chi connectivity index (χ1n) is 15.9. The van der Waals surface area contributed by atoms with Crippen LogP contribution in [0.5, 0.6) is 0 Å². The molecule has 50 heavy (non-hydrogen) atoms. The maximum absolute atomic E-state index is 11.6. The van der Waals surface area contributed by atoms with E-state index in [4.69, 9.17) is 11.6 Å². The van der Waals surface area contributed by atoms with Gasteiger partial charge in [0.1, 0.15) is 5.17 Å². The van der Waals surface area contributed by atoms with Crippen LogP contribution in [0.4, 0.5) is 17.1 Å². The summed E-state index contributed by atoms with van der Waals surface area (Å²) in [6.45, 7) is 5.04. The fraction of sp³-hybridized carbons (Fsp3) is 0.364. The molecular weight excluding hydrogens is 670 g/mol. The molecule has 16 nitrogen and oxygen atoms in total. The van der Waals surface area contributed by atoms with Gasteiger partial charge in [-0.2, -0.15) is 0 Å². The molecule has 0 unspecified atom stereocenters. The minimum Gasteiger partial charge on any atom is -0.349 e. The van der Waals surface area contributed by atoms with E-state index in [0.29, 0.717) is 51.4 Å². The SMILES string of the molecule is Cc1cc(-c2nnnn2C2CC2)ccc1[N+](=O)[O-].Cc1cc(C(=O)NC2CC2)ccc1[N+](=O)[O-].Cc1cc(C(Cl)=NC2CC2)ccc1[N+](=O)[O-]. The van der Waals surface area contributed by atoms with Crippen LogP contribution in [0.3, 0.4) is 0 Å².